The van der Waals surface area contributed by atoms with Crippen molar-refractivity contribution in [1.29, 1.82) is 0 Å². The molecule has 0 radical (unpaired) electrons. The fraction of sp³-hybridized carbons (Fsp3) is 0.304. The Labute approximate surface area is 218 Å². The fourth-order valence-corrected chi connectivity index (χ4v) is 5.15. The van der Waals surface area contributed by atoms with Crippen LogP contribution in [-0.2, 0) is 4.79 Å². The second kappa shape index (κ2) is 10.9. The van der Waals surface area contributed by atoms with E-state index in [4.69, 9.17) is 21.6 Å². The molecule has 2 N–H and O–H groups in total. The lowest BCUT2D eigenvalue weighted by Gasteiger charge is -2.42. The lowest BCUT2D eigenvalue weighted by molar-refractivity contribution is -0.133. The summed E-state index contributed by atoms with van der Waals surface area (Å²) in [5.74, 6) is -1.41. The molecule has 0 atom stereocenters. The van der Waals surface area contributed by atoms with Crippen LogP contribution in [0.25, 0.3) is 0 Å². The third-order valence-electron chi connectivity index (χ3n) is 5.68. The molecule has 10 heteroatoms. The van der Waals surface area contributed by atoms with Crippen LogP contribution in [0.2, 0.25) is 5.02 Å². The smallest absolute Gasteiger partial charge is 0.335 e. The van der Waals surface area contributed by atoms with E-state index in [-0.39, 0.29) is 35.3 Å². The molecule has 174 valence electrons. The number of halogens is 2. The Balaban J connectivity index is 0.00000306. The number of aliphatic imine (C=N–C) groups is 2. The van der Waals surface area contributed by atoms with Crippen LogP contribution in [0.1, 0.15) is 42.5 Å². The molecular weight excluding hydrogens is 577 g/mol. The molecule has 0 aromatic heterocycles. The molecule has 2 aromatic rings. The van der Waals surface area contributed by atoms with Gasteiger partial charge in [-0.1, -0.05) is 42.6 Å². The average molecular weight is 600 g/mol. The van der Waals surface area contributed by atoms with E-state index in [1.54, 1.807) is 36.4 Å². The highest BCUT2D eigenvalue weighted by molar-refractivity contribution is 14.0. The highest BCUT2D eigenvalue weighted by Crippen LogP contribution is 2.44. The minimum absolute atomic E-state index is 0. The predicted octanol–water partition coefficient (Wildman–Crippen LogP) is 6.08. The topological polar surface area (TPSA) is 103 Å². The van der Waals surface area contributed by atoms with Gasteiger partial charge >= 0.3 is 11.9 Å². The van der Waals surface area contributed by atoms with Crippen molar-refractivity contribution in [2.75, 3.05) is 10.7 Å². The lowest BCUT2D eigenvalue weighted by atomic mass is 9.79. The second-order valence-corrected chi connectivity index (χ2v) is 9.15. The molecule has 4 rings (SSSR count). The van der Waals surface area contributed by atoms with Gasteiger partial charge in [0.15, 0.2) is 11.0 Å². The van der Waals surface area contributed by atoms with Crippen LogP contribution in [0, 0.1) is 0 Å². The molecule has 0 saturated heterocycles. The maximum absolute atomic E-state index is 11.3. The van der Waals surface area contributed by atoms with Gasteiger partial charge in [-0.05, 0) is 61.4 Å². The number of aliphatic carboxylic acids is 1. The van der Waals surface area contributed by atoms with Crippen LogP contribution in [0.3, 0.4) is 0 Å². The number of thioether (sulfide) groups is 1. The van der Waals surface area contributed by atoms with Crippen LogP contribution in [0.15, 0.2) is 58.5 Å². The molecule has 33 heavy (non-hydrogen) atoms. The summed E-state index contributed by atoms with van der Waals surface area (Å²) < 4.78 is 0. The number of amidine groups is 2. The first kappa shape index (κ1) is 25.5. The quantitative estimate of drug-likeness (QED) is 0.404. The molecule has 1 aliphatic carbocycles. The molecule has 7 nitrogen and oxygen atoms in total. The van der Waals surface area contributed by atoms with Crippen LogP contribution in [-0.4, -0.2) is 44.4 Å². The maximum atomic E-state index is 11.3. The number of carbonyl (C=O) groups is 2. The van der Waals surface area contributed by atoms with Gasteiger partial charge in [-0.3, -0.25) is 4.79 Å². The first-order valence-corrected chi connectivity index (χ1v) is 11.7. The summed E-state index contributed by atoms with van der Waals surface area (Å²) in [6.45, 7) is 0. The molecule has 1 saturated carbocycles. The summed E-state index contributed by atoms with van der Waals surface area (Å²) in [6, 6.07) is 13.8. The number of nitrogens with zero attached hydrogens (tertiary/aromatic N) is 3. The van der Waals surface area contributed by atoms with Crippen molar-refractivity contribution in [3.05, 3.63) is 59.1 Å². The van der Waals surface area contributed by atoms with Crippen molar-refractivity contribution >= 4 is 81.7 Å². The molecule has 2 aliphatic rings. The number of rotatable bonds is 5. The molecule has 1 aliphatic heterocycles. The largest absolute Gasteiger partial charge is 0.481 e. The van der Waals surface area contributed by atoms with E-state index >= 15 is 0 Å². The average Bonchev–Trinajstić information content (AvgIpc) is 3.06. The van der Waals surface area contributed by atoms with Gasteiger partial charge in [0, 0.05) is 10.7 Å². The summed E-state index contributed by atoms with van der Waals surface area (Å²) in [6.07, 6.45) is 4.74. The van der Waals surface area contributed by atoms with Gasteiger partial charge in [-0.15, -0.1) is 24.0 Å². The van der Waals surface area contributed by atoms with Gasteiger partial charge in [-0.25, -0.2) is 14.8 Å². The number of benzene rings is 2. The molecule has 2 aromatic carbocycles. The molecule has 1 heterocycles. The zero-order chi connectivity index (χ0) is 22.7. The van der Waals surface area contributed by atoms with Gasteiger partial charge in [0.2, 0.25) is 0 Å². The SMILES string of the molecule is I.O=C(O)CSC1=NC(=Nc2ccc(Cl)cc2)C2(CCCCC2)N1c1ccc(C(=O)O)cc1. The number of anilines is 1. The van der Waals surface area contributed by atoms with Crippen LogP contribution < -0.4 is 4.90 Å². The minimum atomic E-state index is -0.996. The number of hydrogen-bond acceptors (Lipinski definition) is 5. The van der Waals surface area contributed by atoms with Crippen LogP contribution in [0.5, 0.6) is 0 Å². The highest BCUT2D eigenvalue weighted by atomic mass is 127. The van der Waals surface area contributed by atoms with E-state index in [1.165, 1.54) is 0 Å². The number of aromatic carboxylic acids is 1. The van der Waals surface area contributed by atoms with Crippen molar-refractivity contribution in [2.24, 2.45) is 9.98 Å². The zero-order valence-corrected chi connectivity index (χ0v) is 21.5. The Morgan fingerprint density at radius 1 is 1.03 bits per heavy atom. The van der Waals surface area contributed by atoms with E-state index in [9.17, 15) is 19.8 Å². The number of carboxylic acid groups (broad SMARTS) is 2. The van der Waals surface area contributed by atoms with Gasteiger partial charge in [0.1, 0.15) is 5.54 Å². The molecule has 0 amide bonds. The van der Waals surface area contributed by atoms with Crippen molar-refractivity contribution < 1.29 is 19.8 Å². The summed E-state index contributed by atoms with van der Waals surface area (Å²) >= 11 is 7.17. The maximum Gasteiger partial charge on any atom is 0.335 e. The fourth-order valence-electron chi connectivity index (χ4n) is 4.21. The van der Waals surface area contributed by atoms with E-state index in [1.807, 2.05) is 12.1 Å². The molecule has 0 bridgehead atoms. The Morgan fingerprint density at radius 2 is 1.67 bits per heavy atom. The normalized spacial score (nSPS) is 18.2. The lowest BCUT2D eigenvalue weighted by Crippen LogP contribution is -2.52. The van der Waals surface area contributed by atoms with E-state index in [0.717, 1.165) is 55.2 Å². The Bertz CT molecular complexity index is 1080. The van der Waals surface area contributed by atoms with Gasteiger partial charge < -0.3 is 15.1 Å². The Kier molecular flexibility index (Phi) is 8.41. The number of carboxylic acids is 2. The van der Waals surface area contributed by atoms with E-state index in [0.29, 0.717) is 16.0 Å². The third kappa shape index (κ3) is 5.52. The van der Waals surface area contributed by atoms with E-state index in [2.05, 4.69) is 4.90 Å². The molecule has 1 fully saturated rings. The van der Waals surface area contributed by atoms with Crippen molar-refractivity contribution in [3.63, 3.8) is 0 Å². The molecule has 1 spiro atoms. The van der Waals surface area contributed by atoms with Gasteiger partial charge in [0.25, 0.3) is 0 Å². The molecule has 0 unspecified atom stereocenters. The minimum Gasteiger partial charge on any atom is -0.481 e. The Morgan fingerprint density at radius 3 is 2.24 bits per heavy atom. The number of hydrogen-bond donors (Lipinski definition) is 2. The second-order valence-electron chi connectivity index (χ2n) is 7.77. The summed E-state index contributed by atoms with van der Waals surface area (Å²) in [7, 11) is 0. The summed E-state index contributed by atoms with van der Waals surface area (Å²) in [4.78, 5) is 34.3. The third-order valence-corrected chi connectivity index (χ3v) is 6.85. The first-order chi connectivity index (χ1) is 15.4. The highest BCUT2D eigenvalue weighted by Gasteiger charge is 2.49. The van der Waals surface area contributed by atoms with Crippen LogP contribution >= 0.6 is 47.3 Å². The standard InChI is InChI=1S/C23H22ClN3O4S.HI/c24-16-6-8-17(9-7-16)25-21-23(12-2-1-3-13-23)27(22(26-21)32-14-19(28)29)18-10-4-15(5-11-18)20(30)31;/h4-11H,1-3,12-14H2,(H,28,29)(H,30,31);1H. The van der Waals surface area contributed by atoms with Gasteiger partial charge in [-0.2, -0.15) is 0 Å². The van der Waals surface area contributed by atoms with Crippen LogP contribution in [0.4, 0.5) is 11.4 Å². The van der Waals surface area contributed by atoms with Crippen molar-refractivity contribution in [3.8, 4) is 0 Å². The molecular formula is C23H23ClIN3O4S. The van der Waals surface area contributed by atoms with Gasteiger partial charge in [0.05, 0.1) is 17.0 Å². The zero-order valence-electron chi connectivity index (χ0n) is 17.6. The summed E-state index contributed by atoms with van der Waals surface area (Å²) in [5, 5.41) is 19.7. The predicted molar refractivity (Wildman–Crippen MR) is 143 cm³/mol. The summed E-state index contributed by atoms with van der Waals surface area (Å²) in [5.41, 5.74) is 1.18. The monoisotopic (exact) mass is 599 g/mol. The van der Waals surface area contributed by atoms with Crippen molar-refractivity contribution in [2.45, 2.75) is 37.6 Å². The van der Waals surface area contributed by atoms with E-state index < -0.39 is 17.5 Å². The van der Waals surface area contributed by atoms with Crippen molar-refractivity contribution in [1.82, 2.24) is 0 Å². The Hall–Kier alpha value is -2.11. The first-order valence-electron chi connectivity index (χ1n) is 10.3.